The number of carboxylic acid groups (broad SMARTS) is 1. The molecule has 9 nitrogen and oxygen atoms in total. The van der Waals surface area contributed by atoms with Gasteiger partial charge in [0, 0.05) is 12.6 Å². The van der Waals surface area contributed by atoms with Gasteiger partial charge in [-0.25, -0.2) is 4.98 Å². The van der Waals surface area contributed by atoms with Crippen molar-refractivity contribution in [3.63, 3.8) is 0 Å². The molecule has 2 unspecified atom stereocenters. The number of aromatic nitrogens is 3. The van der Waals surface area contributed by atoms with E-state index in [2.05, 4.69) is 15.0 Å². The summed E-state index contributed by atoms with van der Waals surface area (Å²) in [5.41, 5.74) is -0.194. The van der Waals surface area contributed by atoms with Crippen LogP contribution in [0.25, 0.3) is 21.7 Å². The van der Waals surface area contributed by atoms with Crippen molar-refractivity contribution >= 4 is 33.7 Å². The maximum atomic E-state index is 12.9. The number of thiophene rings is 1. The summed E-state index contributed by atoms with van der Waals surface area (Å²) >= 11 is 1.45. The number of quaternary nitrogens is 1. The number of ether oxygens (including phenoxy) is 2. The van der Waals surface area contributed by atoms with Crippen LogP contribution < -0.4 is 4.74 Å². The number of likely N-dealkylation sites (tertiary alicyclic amines) is 1. The second-order valence-corrected chi connectivity index (χ2v) is 9.74. The Morgan fingerprint density at radius 2 is 2.00 bits per heavy atom. The van der Waals surface area contributed by atoms with Gasteiger partial charge in [0.1, 0.15) is 28.7 Å². The third kappa shape index (κ3) is 4.03. The summed E-state index contributed by atoms with van der Waals surface area (Å²) in [7, 11) is 0. The zero-order chi connectivity index (χ0) is 23.1. The van der Waals surface area contributed by atoms with Gasteiger partial charge in [-0.15, -0.1) is 15.8 Å². The summed E-state index contributed by atoms with van der Waals surface area (Å²) in [5, 5.41) is 12.6. The first-order valence-electron chi connectivity index (χ1n) is 10.3. The molecule has 4 rings (SSSR count). The van der Waals surface area contributed by atoms with E-state index in [0.29, 0.717) is 23.8 Å². The lowest BCUT2D eigenvalue weighted by molar-refractivity contribution is -0.797. The second-order valence-electron chi connectivity index (χ2n) is 8.85. The summed E-state index contributed by atoms with van der Waals surface area (Å²) in [6.45, 7) is 6.81. The lowest BCUT2D eigenvalue weighted by Crippen LogP contribution is -2.60. The fraction of sp³-hybridized carbons (Fsp3) is 0.409. The Labute approximate surface area is 189 Å². The molecule has 32 heavy (non-hydrogen) atoms. The minimum Gasteiger partial charge on any atom is -0.467 e. The van der Waals surface area contributed by atoms with Gasteiger partial charge in [-0.3, -0.25) is 4.98 Å². The van der Waals surface area contributed by atoms with E-state index in [1.807, 2.05) is 29.6 Å². The van der Waals surface area contributed by atoms with Crippen LogP contribution in [0.4, 0.5) is 9.59 Å². The molecule has 3 aromatic rings. The lowest BCUT2D eigenvalue weighted by atomic mass is 10.2. The average Bonchev–Trinajstić information content (AvgIpc) is 3.32. The van der Waals surface area contributed by atoms with E-state index < -0.39 is 34.4 Å². The Morgan fingerprint density at radius 1 is 1.22 bits per heavy atom. The number of pyridine rings is 1. The molecule has 1 saturated heterocycles. The van der Waals surface area contributed by atoms with Gasteiger partial charge in [0.15, 0.2) is 11.9 Å². The summed E-state index contributed by atoms with van der Waals surface area (Å²) < 4.78 is 10.8. The molecule has 0 aromatic carbocycles. The third-order valence-electron chi connectivity index (χ3n) is 5.37. The summed E-state index contributed by atoms with van der Waals surface area (Å²) in [4.78, 5) is 39.4. The molecule has 0 spiro atoms. The average molecular weight is 458 g/mol. The SMILES string of the molecule is CC1C[C@@H](Oc2nc(-c3ccccn3)nc3sccc23)C[N+]1(C(=O)O)C(=O)OC(C)(C)C. The van der Waals surface area contributed by atoms with Gasteiger partial charge < -0.3 is 14.6 Å². The van der Waals surface area contributed by atoms with Crippen LogP contribution in [-0.4, -0.2) is 61.0 Å². The largest absolute Gasteiger partial charge is 0.527 e. The monoisotopic (exact) mass is 457 g/mol. The van der Waals surface area contributed by atoms with E-state index >= 15 is 0 Å². The van der Waals surface area contributed by atoms with Crippen LogP contribution in [0.2, 0.25) is 0 Å². The fourth-order valence-electron chi connectivity index (χ4n) is 3.85. The Morgan fingerprint density at radius 3 is 2.66 bits per heavy atom. The van der Waals surface area contributed by atoms with Gasteiger partial charge in [-0.05, 0) is 51.3 Å². The highest BCUT2D eigenvalue weighted by molar-refractivity contribution is 7.16. The van der Waals surface area contributed by atoms with Crippen molar-refractivity contribution in [3.05, 3.63) is 35.8 Å². The summed E-state index contributed by atoms with van der Waals surface area (Å²) in [6, 6.07) is 6.81. The molecule has 2 amide bonds. The topological polar surface area (TPSA) is 112 Å². The Bertz CT molecular complexity index is 1160. The molecule has 0 radical (unpaired) electrons. The number of hydrogen-bond donors (Lipinski definition) is 1. The van der Waals surface area contributed by atoms with Gasteiger partial charge in [-0.2, -0.15) is 14.6 Å². The predicted octanol–water partition coefficient (Wildman–Crippen LogP) is 4.72. The minimum atomic E-state index is -1.25. The maximum Gasteiger partial charge on any atom is 0.527 e. The van der Waals surface area contributed by atoms with Crippen molar-refractivity contribution in [2.24, 2.45) is 0 Å². The second kappa shape index (κ2) is 8.10. The van der Waals surface area contributed by atoms with Crippen LogP contribution in [0.5, 0.6) is 5.88 Å². The molecule has 1 fully saturated rings. The van der Waals surface area contributed by atoms with Crippen molar-refractivity contribution in [3.8, 4) is 17.4 Å². The zero-order valence-corrected chi connectivity index (χ0v) is 19.1. The number of nitrogens with zero attached hydrogens (tertiary/aromatic N) is 4. The lowest BCUT2D eigenvalue weighted by Gasteiger charge is -2.31. The number of imide groups is 1. The van der Waals surface area contributed by atoms with Crippen molar-refractivity contribution in [2.75, 3.05) is 6.54 Å². The quantitative estimate of drug-likeness (QED) is 0.562. The molecule has 0 bridgehead atoms. The van der Waals surface area contributed by atoms with Crippen LogP contribution in [0.3, 0.4) is 0 Å². The van der Waals surface area contributed by atoms with Crippen LogP contribution in [-0.2, 0) is 4.74 Å². The Balaban J connectivity index is 1.66. The first kappa shape index (κ1) is 22.1. The number of fused-ring (bicyclic) bond motifs is 1. The standard InChI is InChI=1S/C22H24N4O5S/c1-13-11-14(12-26(13,20(27)28)21(29)31-22(2,3)4)30-18-15-8-10-32-19(15)25-17(24-18)16-7-5-6-9-23-16/h5-10,13-14H,11-12H2,1-4H3/p+1/t13?,14-,26?/m1/s1. The molecule has 10 heteroatoms. The van der Waals surface area contributed by atoms with Gasteiger partial charge in [0.25, 0.3) is 0 Å². The van der Waals surface area contributed by atoms with Crippen LogP contribution in [0.1, 0.15) is 34.1 Å². The van der Waals surface area contributed by atoms with Crippen molar-refractivity contribution < 1.29 is 28.7 Å². The van der Waals surface area contributed by atoms with Crippen LogP contribution in [0.15, 0.2) is 35.8 Å². The molecule has 4 heterocycles. The van der Waals surface area contributed by atoms with E-state index in [1.54, 1.807) is 33.9 Å². The molecule has 0 saturated carbocycles. The first-order valence-corrected chi connectivity index (χ1v) is 11.2. The van der Waals surface area contributed by atoms with E-state index in [-0.39, 0.29) is 6.54 Å². The molecular weight excluding hydrogens is 432 g/mol. The summed E-state index contributed by atoms with van der Waals surface area (Å²) in [6.07, 6.45) is -0.560. The summed E-state index contributed by atoms with van der Waals surface area (Å²) in [5.74, 6) is 0.774. The van der Waals surface area contributed by atoms with E-state index in [0.717, 1.165) is 10.2 Å². The molecule has 3 atom stereocenters. The maximum absolute atomic E-state index is 12.9. The molecule has 1 N–H and O–H groups in total. The van der Waals surface area contributed by atoms with E-state index in [4.69, 9.17) is 9.47 Å². The minimum absolute atomic E-state index is 0.0556. The first-order chi connectivity index (χ1) is 15.1. The van der Waals surface area contributed by atoms with Crippen molar-refractivity contribution in [2.45, 2.75) is 51.9 Å². The molecule has 3 aromatic heterocycles. The highest BCUT2D eigenvalue weighted by Crippen LogP contribution is 2.35. The molecule has 0 aliphatic carbocycles. The van der Waals surface area contributed by atoms with Crippen LogP contribution in [0, 0.1) is 0 Å². The van der Waals surface area contributed by atoms with Crippen molar-refractivity contribution in [1.29, 1.82) is 0 Å². The van der Waals surface area contributed by atoms with Crippen LogP contribution >= 0.6 is 11.3 Å². The van der Waals surface area contributed by atoms with Gasteiger partial charge in [0.2, 0.25) is 5.88 Å². The Kier molecular flexibility index (Phi) is 5.59. The van der Waals surface area contributed by atoms with Gasteiger partial charge >= 0.3 is 12.2 Å². The highest BCUT2D eigenvalue weighted by atomic mass is 32.1. The normalized spacial score (nSPS) is 23.2. The fourth-order valence-corrected chi connectivity index (χ4v) is 4.60. The molecular formula is C22H25N4O5S+. The highest BCUT2D eigenvalue weighted by Gasteiger charge is 2.60. The molecule has 168 valence electrons. The van der Waals surface area contributed by atoms with E-state index in [9.17, 15) is 14.7 Å². The van der Waals surface area contributed by atoms with Gasteiger partial charge in [0.05, 0.1) is 5.39 Å². The number of hydrogen-bond acceptors (Lipinski definition) is 8. The molecule has 1 aliphatic rings. The Hall–Kier alpha value is -3.11. The predicted molar refractivity (Wildman–Crippen MR) is 119 cm³/mol. The molecule has 1 aliphatic heterocycles. The van der Waals surface area contributed by atoms with E-state index in [1.165, 1.54) is 11.3 Å². The number of rotatable bonds is 3. The number of carbonyl (C=O) groups is 2. The third-order valence-corrected chi connectivity index (χ3v) is 6.18. The zero-order valence-electron chi connectivity index (χ0n) is 18.3. The smallest absolute Gasteiger partial charge is 0.467 e. The van der Waals surface area contributed by atoms with Crippen molar-refractivity contribution in [1.82, 2.24) is 15.0 Å². The van der Waals surface area contributed by atoms with Gasteiger partial charge in [-0.1, -0.05) is 6.07 Å². The number of carbonyl (C=O) groups excluding carboxylic acids is 1. The number of amides is 2.